The van der Waals surface area contributed by atoms with Crippen LogP contribution < -0.4 is 5.32 Å². The highest BCUT2D eigenvalue weighted by Gasteiger charge is 2.24. The molecule has 3 aromatic rings. The van der Waals surface area contributed by atoms with Gasteiger partial charge in [0.05, 0.1) is 22.5 Å². The van der Waals surface area contributed by atoms with Crippen LogP contribution >= 0.6 is 23.2 Å². The number of aromatic carboxylic acids is 1. The molecule has 0 spiro atoms. The van der Waals surface area contributed by atoms with Gasteiger partial charge in [-0.2, -0.15) is 0 Å². The first-order valence-corrected chi connectivity index (χ1v) is 10.1. The minimum Gasteiger partial charge on any atom is -0.478 e. The molecule has 29 heavy (non-hydrogen) atoms. The Kier molecular flexibility index (Phi) is 5.43. The third-order valence-electron chi connectivity index (χ3n) is 5.36. The van der Waals surface area contributed by atoms with Crippen LogP contribution in [0.1, 0.15) is 47.5 Å². The van der Waals surface area contributed by atoms with E-state index in [0.717, 1.165) is 53.5 Å². The van der Waals surface area contributed by atoms with E-state index in [-0.39, 0.29) is 11.5 Å². The largest absolute Gasteiger partial charge is 0.478 e. The summed E-state index contributed by atoms with van der Waals surface area (Å²) in [4.78, 5) is 16.3. The van der Waals surface area contributed by atoms with Crippen molar-refractivity contribution in [1.82, 2.24) is 4.98 Å². The van der Waals surface area contributed by atoms with Crippen molar-refractivity contribution in [3.8, 4) is 0 Å². The molecule has 0 bridgehead atoms. The summed E-state index contributed by atoms with van der Waals surface area (Å²) < 4.78 is 0. The van der Waals surface area contributed by atoms with Gasteiger partial charge in [0.15, 0.2) is 0 Å². The highest BCUT2D eigenvalue weighted by molar-refractivity contribution is 6.31. The summed E-state index contributed by atoms with van der Waals surface area (Å²) >= 11 is 12.3. The molecule has 1 aliphatic rings. The molecule has 0 amide bonds. The number of nitrogens with one attached hydrogen (secondary N) is 2. The van der Waals surface area contributed by atoms with Crippen LogP contribution in [0.5, 0.6) is 0 Å². The average molecular weight is 428 g/mol. The number of hydrogen-bond acceptors (Lipinski definition) is 4. The van der Waals surface area contributed by atoms with E-state index in [2.05, 4.69) is 10.3 Å². The van der Waals surface area contributed by atoms with Gasteiger partial charge in [-0.3, -0.25) is 4.98 Å². The molecule has 2 aromatic carbocycles. The van der Waals surface area contributed by atoms with Crippen molar-refractivity contribution in [3.05, 3.63) is 63.8 Å². The van der Waals surface area contributed by atoms with Crippen molar-refractivity contribution in [2.24, 2.45) is 0 Å². The number of benzene rings is 2. The molecule has 0 radical (unpaired) electrons. The van der Waals surface area contributed by atoms with E-state index in [0.29, 0.717) is 15.7 Å². The number of carbonyl (C=O) groups is 1. The number of anilines is 2. The Morgan fingerprint density at radius 2 is 1.79 bits per heavy atom. The third-order valence-corrected chi connectivity index (χ3v) is 5.83. The van der Waals surface area contributed by atoms with E-state index in [4.69, 9.17) is 28.6 Å². The smallest absolute Gasteiger partial charge is 0.337 e. The Morgan fingerprint density at radius 3 is 2.52 bits per heavy atom. The molecular formula is C22H19Cl2N3O2. The monoisotopic (exact) mass is 427 g/mol. The van der Waals surface area contributed by atoms with Gasteiger partial charge >= 0.3 is 5.97 Å². The number of hydrogen-bond donors (Lipinski definition) is 3. The lowest BCUT2D eigenvalue weighted by Crippen LogP contribution is -2.14. The van der Waals surface area contributed by atoms with Crippen molar-refractivity contribution in [2.75, 3.05) is 5.32 Å². The van der Waals surface area contributed by atoms with Gasteiger partial charge in [0, 0.05) is 27.3 Å². The zero-order chi connectivity index (χ0) is 20.5. The van der Waals surface area contributed by atoms with Crippen LogP contribution in [0.4, 0.5) is 11.4 Å². The maximum absolute atomic E-state index is 11.7. The summed E-state index contributed by atoms with van der Waals surface area (Å²) in [6.45, 7) is 0. The van der Waals surface area contributed by atoms with Crippen LogP contribution in [0, 0.1) is 5.41 Å². The molecule has 4 rings (SSSR count). The standard InChI is InChI=1S/C22H19Cl2N3O2/c23-13-3-7-19-16(9-13)21(18(11-26-19)12-1-5-15(25)6-2-12)27-20-8-4-14(24)10-17(20)22(28)29/h3-4,7-12,25H,1-2,5-6H2,(H,26,27)(H,28,29). The number of aromatic nitrogens is 1. The Labute approximate surface area is 178 Å². The summed E-state index contributed by atoms with van der Waals surface area (Å²) in [5.41, 5.74) is 3.92. The Morgan fingerprint density at radius 1 is 1.10 bits per heavy atom. The lowest BCUT2D eigenvalue weighted by Gasteiger charge is -2.26. The van der Waals surface area contributed by atoms with Crippen LogP contribution in [0.2, 0.25) is 10.0 Å². The molecule has 0 saturated heterocycles. The molecule has 1 saturated carbocycles. The zero-order valence-corrected chi connectivity index (χ0v) is 17.0. The van der Waals surface area contributed by atoms with E-state index in [1.807, 2.05) is 18.3 Å². The predicted octanol–water partition coefficient (Wildman–Crippen LogP) is 6.66. The molecular weight excluding hydrogens is 409 g/mol. The van der Waals surface area contributed by atoms with Crippen molar-refractivity contribution in [2.45, 2.75) is 31.6 Å². The quantitative estimate of drug-likeness (QED) is 0.434. The Hall–Kier alpha value is -2.63. The summed E-state index contributed by atoms with van der Waals surface area (Å²) in [5.74, 6) is -0.817. The van der Waals surface area contributed by atoms with E-state index in [1.54, 1.807) is 18.2 Å². The molecule has 0 atom stereocenters. The summed E-state index contributed by atoms with van der Waals surface area (Å²) in [7, 11) is 0. The first-order chi connectivity index (χ1) is 13.9. The van der Waals surface area contributed by atoms with Gasteiger partial charge < -0.3 is 15.8 Å². The molecule has 0 unspecified atom stereocenters. The zero-order valence-electron chi connectivity index (χ0n) is 15.5. The van der Waals surface area contributed by atoms with Gasteiger partial charge in [0.2, 0.25) is 0 Å². The van der Waals surface area contributed by atoms with Gasteiger partial charge in [0.1, 0.15) is 0 Å². The number of carboxylic acid groups (broad SMARTS) is 1. The number of carboxylic acids is 1. The number of pyridine rings is 1. The SMILES string of the molecule is N=C1CCC(c2cnc3ccc(Cl)cc3c2Nc2ccc(Cl)cc2C(=O)O)CC1. The molecule has 5 nitrogen and oxygen atoms in total. The van der Waals surface area contributed by atoms with Crippen molar-refractivity contribution in [3.63, 3.8) is 0 Å². The van der Waals surface area contributed by atoms with Crippen LogP contribution in [0.15, 0.2) is 42.6 Å². The maximum Gasteiger partial charge on any atom is 0.337 e. The number of halogens is 2. The summed E-state index contributed by atoms with van der Waals surface area (Å²) in [6.07, 6.45) is 5.12. The third kappa shape index (κ3) is 4.07. The fraction of sp³-hybridized carbons (Fsp3) is 0.227. The van der Waals surface area contributed by atoms with Gasteiger partial charge in [0.25, 0.3) is 0 Å². The second-order valence-corrected chi connectivity index (χ2v) is 8.12. The molecule has 0 aliphatic heterocycles. The van der Waals surface area contributed by atoms with Crippen LogP contribution in [0.25, 0.3) is 10.9 Å². The molecule has 7 heteroatoms. The van der Waals surface area contributed by atoms with Gasteiger partial charge in [-0.25, -0.2) is 4.79 Å². The summed E-state index contributed by atoms with van der Waals surface area (Å²) in [5, 5.41) is 22.6. The van der Waals surface area contributed by atoms with Gasteiger partial charge in [-0.15, -0.1) is 0 Å². The second-order valence-electron chi connectivity index (χ2n) is 7.25. The maximum atomic E-state index is 11.7. The fourth-order valence-electron chi connectivity index (χ4n) is 3.84. The Bertz CT molecular complexity index is 1120. The van der Waals surface area contributed by atoms with Crippen LogP contribution in [0.3, 0.4) is 0 Å². The number of rotatable bonds is 4. The number of nitrogens with zero attached hydrogens (tertiary/aromatic N) is 1. The first kappa shape index (κ1) is 19.7. The van der Waals surface area contributed by atoms with E-state index < -0.39 is 5.97 Å². The van der Waals surface area contributed by atoms with E-state index in [1.165, 1.54) is 6.07 Å². The lowest BCUT2D eigenvalue weighted by molar-refractivity contribution is 0.0698. The summed E-state index contributed by atoms with van der Waals surface area (Å²) in [6, 6.07) is 10.2. The highest BCUT2D eigenvalue weighted by atomic mass is 35.5. The minimum absolute atomic E-state index is 0.0980. The van der Waals surface area contributed by atoms with Crippen LogP contribution in [-0.2, 0) is 0 Å². The van der Waals surface area contributed by atoms with Crippen molar-refractivity contribution < 1.29 is 9.90 Å². The highest BCUT2D eigenvalue weighted by Crippen LogP contribution is 2.40. The van der Waals surface area contributed by atoms with Crippen LogP contribution in [-0.4, -0.2) is 21.8 Å². The van der Waals surface area contributed by atoms with Gasteiger partial charge in [-0.05, 0) is 73.6 Å². The Balaban J connectivity index is 1.87. The second kappa shape index (κ2) is 8.01. The van der Waals surface area contributed by atoms with E-state index >= 15 is 0 Å². The molecule has 3 N–H and O–H groups in total. The topological polar surface area (TPSA) is 86.1 Å². The van der Waals surface area contributed by atoms with Crippen molar-refractivity contribution in [1.29, 1.82) is 5.41 Å². The van der Waals surface area contributed by atoms with E-state index in [9.17, 15) is 9.90 Å². The molecule has 1 heterocycles. The fourth-order valence-corrected chi connectivity index (χ4v) is 4.19. The van der Waals surface area contributed by atoms with Gasteiger partial charge in [-0.1, -0.05) is 23.2 Å². The lowest BCUT2D eigenvalue weighted by atomic mass is 9.82. The molecule has 1 fully saturated rings. The average Bonchev–Trinajstić information content (AvgIpc) is 2.70. The number of fused-ring (bicyclic) bond motifs is 1. The normalized spacial score (nSPS) is 16.8. The molecule has 148 valence electrons. The minimum atomic E-state index is -1.06. The molecule has 1 aromatic heterocycles. The predicted molar refractivity (Wildman–Crippen MR) is 117 cm³/mol. The van der Waals surface area contributed by atoms with Crippen molar-refractivity contribution >= 4 is 57.2 Å². The molecule has 1 aliphatic carbocycles. The first-order valence-electron chi connectivity index (χ1n) is 9.36.